The number of halogens is 3. The van der Waals surface area contributed by atoms with E-state index in [1.807, 2.05) is 0 Å². The molecule has 0 aliphatic carbocycles. The molecule has 0 radical (unpaired) electrons. The SMILES string of the molecule is Cc1csc2c(NC(=O)c3ccc([N+](=O)[O-])s3)nc(-c3cc(F)c(F)c(F)c3)nc12. The van der Waals surface area contributed by atoms with Gasteiger partial charge in [0.25, 0.3) is 5.91 Å². The summed E-state index contributed by atoms with van der Waals surface area (Å²) in [5, 5.41) is 15.0. The zero-order valence-electron chi connectivity index (χ0n) is 14.9. The number of fused-ring (bicyclic) bond motifs is 1. The zero-order chi connectivity index (χ0) is 21.6. The number of thiophene rings is 2. The summed E-state index contributed by atoms with van der Waals surface area (Å²) in [5.41, 5.74) is 1.08. The van der Waals surface area contributed by atoms with E-state index in [-0.39, 0.29) is 27.1 Å². The number of anilines is 1. The Balaban J connectivity index is 1.79. The van der Waals surface area contributed by atoms with Crippen LogP contribution in [-0.4, -0.2) is 20.8 Å². The van der Waals surface area contributed by atoms with Crippen molar-refractivity contribution in [3.05, 3.63) is 67.7 Å². The van der Waals surface area contributed by atoms with E-state index in [0.717, 1.165) is 17.7 Å². The molecule has 0 saturated carbocycles. The minimum Gasteiger partial charge on any atom is -0.305 e. The first-order chi connectivity index (χ1) is 14.2. The quantitative estimate of drug-likeness (QED) is 0.258. The first-order valence-corrected chi connectivity index (χ1v) is 9.90. The number of nitrogens with zero attached hydrogens (tertiary/aromatic N) is 3. The lowest BCUT2D eigenvalue weighted by atomic mass is 10.2. The highest BCUT2D eigenvalue weighted by Crippen LogP contribution is 2.33. The second kappa shape index (κ2) is 7.46. The molecule has 3 heterocycles. The number of hydrogen-bond acceptors (Lipinski definition) is 7. The van der Waals surface area contributed by atoms with Crippen molar-refractivity contribution in [2.75, 3.05) is 5.32 Å². The number of carbonyl (C=O) groups excluding carboxylic acids is 1. The molecule has 4 aromatic rings. The fourth-order valence-corrected chi connectivity index (χ4v) is 4.30. The molecule has 12 heteroatoms. The molecule has 0 fully saturated rings. The van der Waals surface area contributed by atoms with Gasteiger partial charge in [0.2, 0.25) is 0 Å². The molecule has 0 unspecified atom stereocenters. The highest BCUT2D eigenvalue weighted by atomic mass is 32.1. The Bertz CT molecular complexity index is 1310. The van der Waals surface area contributed by atoms with Crippen molar-refractivity contribution in [1.29, 1.82) is 0 Å². The fourth-order valence-electron chi connectivity index (χ4n) is 2.65. The molecule has 0 atom stereocenters. The molecule has 0 aliphatic heterocycles. The van der Waals surface area contributed by atoms with Gasteiger partial charge in [-0.05, 0) is 36.1 Å². The molecule has 1 N–H and O–H groups in total. The summed E-state index contributed by atoms with van der Waals surface area (Å²) in [4.78, 5) is 31.3. The van der Waals surface area contributed by atoms with E-state index < -0.39 is 28.3 Å². The Morgan fingerprint density at radius 2 is 1.87 bits per heavy atom. The van der Waals surface area contributed by atoms with E-state index in [2.05, 4.69) is 15.3 Å². The van der Waals surface area contributed by atoms with Crippen molar-refractivity contribution in [3.8, 4) is 11.4 Å². The molecule has 0 bridgehead atoms. The Kier molecular flexibility index (Phi) is 4.95. The highest BCUT2D eigenvalue weighted by molar-refractivity contribution is 7.18. The van der Waals surface area contributed by atoms with E-state index >= 15 is 0 Å². The van der Waals surface area contributed by atoms with Crippen LogP contribution >= 0.6 is 22.7 Å². The van der Waals surface area contributed by atoms with Crippen molar-refractivity contribution in [2.24, 2.45) is 0 Å². The Hall–Kier alpha value is -3.38. The molecule has 0 spiro atoms. The maximum atomic E-state index is 13.7. The Morgan fingerprint density at radius 3 is 2.50 bits per heavy atom. The summed E-state index contributed by atoms with van der Waals surface area (Å²) in [5.74, 6) is -5.09. The van der Waals surface area contributed by atoms with Crippen LogP contribution in [0.2, 0.25) is 0 Å². The number of nitro groups is 1. The predicted molar refractivity (Wildman–Crippen MR) is 106 cm³/mol. The van der Waals surface area contributed by atoms with E-state index in [9.17, 15) is 28.1 Å². The minimum absolute atomic E-state index is 0.0688. The van der Waals surface area contributed by atoms with Crippen molar-refractivity contribution < 1.29 is 22.9 Å². The van der Waals surface area contributed by atoms with E-state index in [1.54, 1.807) is 12.3 Å². The Morgan fingerprint density at radius 1 is 1.17 bits per heavy atom. The van der Waals surface area contributed by atoms with Crippen LogP contribution in [-0.2, 0) is 0 Å². The highest BCUT2D eigenvalue weighted by Gasteiger charge is 2.20. The van der Waals surface area contributed by atoms with E-state index in [4.69, 9.17) is 0 Å². The molecule has 1 aromatic carbocycles. The zero-order valence-corrected chi connectivity index (χ0v) is 16.5. The molecule has 0 aliphatic rings. The molecule has 3 aromatic heterocycles. The van der Waals surface area contributed by atoms with Gasteiger partial charge in [0, 0.05) is 11.6 Å². The number of hydrogen-bond donors (Lipinski definition) is 1. The third-order valence-electron chi connectivity index (χ3n) is 4.06. The lowest BCUT2D eigenvalue weighted by Gasteiger charge is -2.08. The summed E-state index contributed by atoms with van der Waals surface area (Å²) in [6, 6.07) is 4.03. The summed E-state index contributed by atoms with van der Waals surface area (Å²) < 4.78 is 41.1. The van der Waals surface area contributed by atoms with E-state index in [1.165, 1.54) is 23.5 Å². The summed E-state index contributed by atoms with van der Waals surface area (Å²) >= 11 is 1.94. The lowest BCUT2D eigenvalue weighted by molar-refractivity contribution is -0.380. The molecule has 152 valence electrons. The van der Waals surface area contributed by atoms with Crippen LogP contribution in [0.15, 0.2) is 29.6 Å². The predicted octanol–water partition coefficient (Wildman–Crippen LogP) is 5.31. The second-order valence-corrected chi connectivity index (χ2v) is 8.04. The monoisotopic (exact) mass is 450 g/mol. The number of aromatic nitrogens is 2. The van der Waals surface area contributed by atoms with Gasteiger partial charge in [-0.15, -0.1) is 11.3 Å². The molecule has 1 amide bonds. The van der Waals surface area contributed by atoms with Crippen molar-refractivity contribution in [2.45, 2.75) is 6.92 Å². The normalized spacial score (nSPS) is 11.1. The Labute approximate surface area is 174 Å². The third kappa shape index (κ3) is 3.50. The average molecular weight is 450 g/mol. The fraction of sp³-hybridized carbons (Fsp3) is 0.0556. The maximum Gasteiger partial charge on any atom is 0.324 e. The van der Waals surface area contributed by atoms with Crippen molar-refractivity contribution in [1.82, 2.24) is 9.97 Å². The maximum absolute atomic E-state index is 13.7. The number of nitrogens with one attached hydrogen (secondary N) is 1. The van der Waals surface area contributed by atoms with Gasteiger partial charge in [0.1, 0.15) is 0 Å². The largest absolute Gasteiger partial charge is 0.324 e. The number of carbonyl (C=O) groups is 1. The number of amides is 1. The summed E-state index contributed by atoms with van der Waals surface area (Å²) in [6.45, 7) is 1.76. The molecule has 0 saturated heterocycles. The van der Waals surface area contributed by atoms with Crippen LogP contribution in [0, 0.1) is 34.5 Å². The first kappa shape index (κ1) is 19.9. The van der Waals surface area contributed by atoms with Crippen LogP contribution in [0.4, 0.5) is 24.0 Å². The minimum atomic E-state index is -1.61. The third-order valence-corrected chi connectivity index (χ3v) is 6.19. The van der Waals surface area contributed by atoms with Gasteiger partial charge in [-0.1, -0.05) is 11.3 Å². The van der Waals surface area contributed by atoms with Gasteiger partial charge in [-0.25, -0.2) is 23.1 Å². The lowest BCUT2D eigenvalue weighted by Crippen LogP contribution is -2.12. The number of benzene rings is 1. The topological polar surface area (TPSA) is 98.0 Å². The molecular weight excluding hydrogens is 441 g/mol. The van der Waals surface area contributed by atoms with Gasteiger partial charge in [-0.3, -0.25) is 14.9 Å². The van der Waals surface area contributed by atoms with Gasteiger partial charge in [-0.2, -0.15) is 0 Å². The molecular formula is C18H9F3N4O3S2. The van der Waals surface area contributed by atoms with Gasteiger partial charge >= 0.3 is 5.00 Å². The molecule has 4 rings (SSSR count). The van der Waals surface area contributed by atoms with Gasteiger partial charge in [0.15, 0.2) is 29.1 Å². The van der Waals surface area contributed by atoms with Crippen molar-refractivity contribution in [3.63, 3.8) is 0 Å². The number of aryl methyl sites for hydroxylation is 1. The van der Waals surface area contributed by atoms with Gasteiger partial charge in [0.05, 0.1) is 20.0 Å². The molecule has 7 nitrogen and oxygen atoms in total. The van der Waals surface area contributed by atoms with Crippen molar-refractivity contribution >= 4 is 49.6 Å². The molecule has 30 heavy (non-hydrogen) atoms. The smallest absolute Gasteiger partial charge is 0.305 e. The summed E-state index contributed by atoms with van der Waals surface area (Å²) in [7, 11) is 0. The van der Waals surface area contributed by atoms with E-state index in [0.29, 0.717) is 21.6 Å². The van der Waals surface area contributed by atoms with Gasteiger partial charge < -0.3 is 5.32 Å². The summed E-state index contributed by atoms with van der Waals surface area (Å²) in [6.07, 6.45) is 0. The van der Waals surface area contributed by atoms with Crippen LogP contribution in [0.1, 0.15) is 15.2 Å². The average Bonchev–Trinajstić information content (AvgIpc) is 3.33. The second-order valence-electron chi connectivity index (χ2n) is 6.10. The number of rotatable bonds is 4. The van der Waals surface area contributed by atoms with Crippen LogP contribution in [0.25, 0.3) is 21.6 Å². The van der Waals surface area contributed by atoms with Crippen LogP contribution in [0.5, 0.6) is 0 Å². The van der Waals surface area contributed by atoms with Crippen LogP contribution in [0.3, 0.4) is 0 Å². The first-order valence-electron chi connectivity index (χ1n) is 8.21. The standard InChI is InChI=1S/C18H9F3N4O3S2/c1-7-6-29-15-14(7)22-16(8-4-9(19)13(21)10(20)5-8)23-17(15)24-18(26)11-2-3-12(30-11)25(27)28/h2-6H,1H3,(H,22,23,24,26). The van der Waals surface area contributed by atoms with Crippen LogP contribution < -0.4 is 5.32 Å².